The molecule has 0 radical (unpaired) electrons. The van der Waals surface area contributed by atoms with Gasteiger partial charge in [0.1, 0.15) is 11.6 Å². The lowest BCUT2D eigenvalue weighted by atomic mass is 9.70. The monoisotopic (exact) mass is 622 g/mol. The van der Waals surface area contributed by atoms with Gasteiger partial charge in [-0.05, 0) is 50.9 Å². The average Bonchev–Trinajstić information content (AvgIpc) is 3.53. The largest absolute Gasteiger partial charge is 0.465 e. The van der Waals surface area contributed by atoms with Crippen LogP contribution in [0.15, 0.2) is 25.3 Å². The van der Waals surface area contributed by atoms with Gasteiger partial charge in [-0.2, -0.15) is 0 Å². The highest BCUT2D eigenvalue weighted by molar-refractivity contribution is 9.09. The van der Waals surface area contributed by atoms with Gasteiger partial charge >= 0.3 is 5.97 Å². The number of carbonyl (C=O) groups is 3. The quantitative estimate of drug-likeness (QED) is 0.134. The van der Waals surface area contributed by atoms with Gasteiger partial charge in [0.25, 0.3) is 0 Å². The average molecular weight is 624 g/mol. The maximum atomic E-state index is 14.7. The molecule has 2 bridgehead atoms. The van der Waals surface area contributed by atoms with Crippen molar-refractivity contribution in [1.29, 1.82) is 0 Å². The third kappa shape index (κ3) is 5.80. The van der Waals surface area contributed by atoms with Crippen molar-refractivity contribution in [3.8, 4) is 0 Å². The number of hydrogen-bond acceptors (Lipinski definition) is 6. The molecule has 4 rings (SSSR count). The normalized spacial score (nSPS) is 32.3. The van der Waals surface area contributed by atoms with Crippen LogP contribution in [0.4, 0.5) is 0 Å². The molecule has 0 aromatic rings. The van der Waals surface area contributed by atoms with Crippen molar-refractivity contribution >= 4 is 33.7 Å². The summed E-state index contributed by atoms with van der Waals surface area (Å²) in [5.41, 5.74) is -1.15. The fourth-order valence-corrected chi connectivity index (χ4v) is 8.54. The number of unbranched alkanes of at least 4 members (excludes halogenated alkanes) is 2. The van der Waals surface area contributed by atoms with E-state index >= 15 is 0 Å². The maximum Gasteiger partial charge on any atom is 0.312 e. The Labute approximate surface area is 247 Å². The summed E-state index contributed by atoms with van der Waals surface area (Å²) in [6.45, 7) is 12.1. The first-order chi connectivity index (χ1) is 19.2. The summed E-state index contributed by atoms with van der Waals surface area (Å²) in [5, 5.41) is 10.5. The third-order valence-corrected chi connectivity index (χ3v) is 10.1. The fourth-order valence-electron chi connectivity index (χ4n) is 7.60. The van der Waals surface area contributed by atoms with E-state index < -0.39 is 41.6 Å². The number of esters is 1. The van der Waals surface area contributed by atoms with E-state index in [9.17, 15) is 19.5 Å². The smallest absolute Gasteiger partial charge is 0.312 e. The van der Waals surface area contributed by atoms with Crippen LogP contribution in [0.5, 0.6) is 0 Å². The van der Waals surface area contributed by atoms with Crippen LogP contribution in [0.1, 0.15) is 78.1 Å². The Bertz CT molecular complexity index is 952. The van der Waals surface area contributed by atoms with E-state index in [1.54, 1.807) is 11.0 Å². The van der Waals surface area contributed by atoms with E-state index in [0.717, 1.165) is 44.9 Å². The second-order valence-electron chi connectivity index (χ2n) is 12.4. The van der Waals surface area contributed by atoms with E-state index in [4.69, 9.17) is 9.47 Å². The van der Waals surface area contributed by atoms with Gasteiger partial charge in [-0.3, -0.25) is 14.4 Å². The van der Waals surface area contributed by atoms with Crippen LogP contribution in [-0.4, -0.2) is 87.1 Å². The molecule has 7 atom stereocenters. The Kier molecular flexibility index (Phi) is 10.5. The zero-order chi connectivity index (χ0) is 29.0. The number of aliphatic hydroxyl groups is 1. The summed E-state index contributed by atoms with van der Waals surface area (Å²) < 4.78 is 12.3. The number of alkyl halides is 1. The predicted molar refractivity (Wildman–Crippen MR) is 157 cm³/mol. The van der Waals surface area contributed by atoms with Crippen LogP contribution in [0.2, 0.25) is 0 Å². The number of hydrogen-bond donors (Lipinski definition) is 1. The van der Waals surface area contributed by atoms with Crippen molar-refractivity contribution in [2.24, 2.45) is 17.8 Å². The van der Waals surface area contributed by atoms with Crippen molar-refractivity contribution in [1.82, 2.24) is 9.80 Å². The van der Waals surface area contributed by atoms with Crippen molar-refractivity contribution < 1.29 is 29.0 Å². The molecule has 224 valence electrons. The molecular formula is C31H47BrN2O6. The predicted octanol–water partition coefficient (Wildman–Crippen LogP) is 4.39. The van der Waals surface area contributed by atoms with Crippen molar-refractivity contribution in [2.45, 2.75) is 113 Å². The number of halogens is 1. The number of fused-ring (bicyclic) bond motifs is 1. The highest BCUT2D eigenvalue weighted by Crippen LogP contribution is 2.61. The Morgan fingerprint density at radius 2 is 1.95 bits per heavy atom. The second kappa shape index (κ2) is 13.5. The maximum absolute atomic E-state index is 14.7. The summed E-state index contributed by atoms with van der Waals surface area (Å²) in [7, 11) is 0. The Morgan fingerprint density at radius 1 is 1.23 bits per heavy atom. The molecule has 3 heterocycles. The first kappa shape index (κ1) is 31.2. The minimum absolute atomic E-state index is 0.0685. The van der Waals surface area contributed by atoms with Gasteiger partial charge in [0.15, 0.2) is 0 Å². The first-order valence-corrected chi connectivity index (χ1v) is 16.1. The molecular weight excluding hydrogens is 576 g/mol. The molecule has 3 aliphatic heterocycles. The number of ether oxygens (including phenoxy) is 2. The summed E-state index contributed by atoms with van der Waals surface area (Å²) in [6, 6.07) is -1.40. The fraction of sp³-hybridized carbons (Fsp3) is 0.774. The number of rotatable bonds is 14. The third-order valence-electron chi connectivity index (χ3n) is 9.25. The lowest BCUT2D eigenvalue weighted by molar-refractivity contribution is -0.157. The lowest BCUT2D eigenvalue weighted by Gasteiger charge is -2.42. The van der Waals surface area contributed by atoms with Crippen LogP contribution in [-0.2, 0) is 23.9 Å². The molecule has 4 fully saturated rings. The lowest BCUT2D eigenvalue weighted by Crippen LogP contribution is -2.60. The van der Waals surface area contributed by atoms with Crippen molar-refractivity contribution in [3.63, 3.8) is 0 Å². The van der Waals surface area contributed by atoms with E-state index in [-0.39, 0.29) is 41.8 Å². The molecule has 8 nitrogen and oxygen atoms in total. The number of nitrogens with zero attached hydrogens (tertiary/aromatic N) is 2. The number of likely N-dealkylation sites (tertiary alicyclic amines) is 1. The molecule has 2 amide bonds. The minimum Gasteiger partial charge on any atom is -0.465 e. The molecule has 3 saturated heterocycles. The highest BCUT2D eigenvalue weighted by atomic mass is 79.9. The van der Waals surface area contributed by atoms with Gasteiger partial charge in [0.2, 0.25) is 11.8 Å². The molecule has 1 saturated carbocycles. The van der Waals surface area contributed by atoms with Crippen molar-refractivity contribution in [2.75, 3.05) is 19.8 Å². The summed E-state index contributed by atoms with van der Waals surface area (Å²) in [6.07, 6.45) is 11.5. The highest BCUT2D eigenvalue weighted by Gasteiger charge is 2.77. The topological polar surface area (TPSA) is 96.4 Å². The van der Waals surface area contributed by atoms with Gasteiger partial charge in [-0.25, -0.2) is 0 Å². The molecule has 9 heteroatoms. The van der Waals surface area contributed by atoms with Crippen LogP contribution in [0, 0.1) is 17.8 Å². The molecule has 40 heavy (non-hydrogen) atoms. The number of carbonyl (C=O) groups excluding carboxylic acids is 3. The van der Waals surface area contributed by atoms with Gasteiger partial charge in [0, 0.05) is 17.4 Å². The summed E-state index contributed by atoms with van der Waals surface area (Å²) in [5.74, 6) is -2.32. The van der Waals surface area contributed by atoms with Gasteiger partial charge in [-0.15, -0.1) is 13.2 Å². The van der Waals surface area contributed by atoms with E-state index in [1.165, 1.54) is 0 Å². The molecule has 1 aliphatic carbocycles. The van der Waals surface area contributed by atoms with E-state index in [1.807, 2.05) is 24.8 Å². The number of amides is 2. The first-order valence-electron chi connectivity index (χ1n) is 15.2. The van der Waals surface area contributed by atoms with Crippen LogP contribution in [0.25, 0.3) is 0 Å². The molecule has 0 aromatic carbocycles. The Hall–Kier alpha value is -1.71. The molecule has 1 spiro atoms. The van der Waals surface area contributed by atoms with Crippen LogP contribution in [0.3, 0.4) is 0 Å². The van der Waals surface area contributed by atoms with Gasteiger partial charge < -0.3 is 24.4 Å². The number of allylic oxidation sites excluding steroid dienone is 1. The molecule has 4 aliphatic rings. The summed E-state index contributed by atoms with van der Waals surface area (Å²) in [4.78, 5) is 45.8. The summed E-state index contributed by atoms with van der Waals surface area (Å²) >= 11 is 3.73. The Morgan fingerprint density at radius 3 is 2.58 bits per heavy atom. The van der Waals surface area contributed by atoms with E-state index in [0.29, 0.717) is 25.8 Å². The molecule has 1 N–H and O–H groups in total. The van der Waals surface area contributed by atoms with E-state index in [2.05, 4.69) is 29.1 Å². The number of aliphatic hydroxyl groups excluding tert-OH is 1. The van der Waals surface area contributed by atoms with Crippen LogP contribution >= 0.6 is 15.9 Å². The zero-order valence-corrected chi connectivity index (χ0v) is 25.7. The standard InChI is InChI=1S/C31H47BrN2O6/c1-5-7-8-12-16-39-30(38)24-25-28(36)34(22(19-35)17-20(3)4)27(31(25)18-23(32)26(24)40-31)29(37)33(15-6-2)21-13-10-9-11-14-21/h5-6,20-27,35H,1-2,7-19H2,3-4H3/t22-,23?,24+,25+,26+,27?,31?/m1/s1. The zero-order valence-electron chi connectivity index (χ0n) is 24.1. The second-order valence-corrected chi connectivity index (χ2v) is 13.6. The molecule has 3 unspecified atom stereocenters. The van der Waals surface area contributed by atoms with Gasteiger partial charge in [-0.1, -0.05) is 61.2 Å². The van der Waals surface area contributed by atoms with Crippen LogP contribution < -0.4 is 0 Å². The minimum atomic E-state index is -1.15. The van der Waals surface area contributed by atoms with Crippen molar-refractivity contribution in [3.05, 3.63) is 25.3 Å². The SMILES string of the molecule is C=CCCCCOC(=O)[C@H]1[C@H]2C(=O)N([C@@H](CO)CC(C)C)C(C(=O)N(CC=C)C3CCCCC3)C23CC(Br)[C@@H]1O3. The molecule has 0 aromatic heterocycles. The Balaban J connectivity index is 1.71. The van der Waals surface area contributed by atoms with Gasteiger partial charge in [0.05, 0.1) is 37.2 Å².